The van der Waals surface area contributed by atoms with Crippen molar-refractivity contribution in [3.63, 3.8) is 0 Å². The summed E-state index contributed by atoms with van der Waals surface area (Å²) >= 11 is 3.48. The van der Waals surface area contributed by atoms with Crippen LogP contribution in [0.4, 0.5) is 10.1 Å². The molecule has 4 atom stereocenters. The number of hydrogen-bond donors (Lipinski definition) is 3. The molecule has 0 aromatic heterocycles. The van der Waals surface area contributed by atoms with Crippen LogP contribution in [0.1, 0.15) is 55.4 Å². The summed E-state index contributed by atoms with van der Waals surface area (Å²) in [6.07, 6.45) is 5.96. The second-order valence-corrected chi connectivity index (χ2v) is 10.4. The van der Waals surface area contributed by atoms with Gasteiger partial charge >= 0.3 is 0 Å². The Morgan fingerprint density at radius 1 is 1.06 bits per heavy atom. The van der Waals surface area contributed by atoms with E-state index in [2.05, 4.69) is 56.1 Å². The lowest BCUT2D eigenvalue weighted by molar-refractivity contribution is -0.0917. The molecule has 2 saturated heterocycles. The molecule has 0 radical (unpaired) electrons. The van der Waals surface area contributed by atoms with Crippen LogP contribution in [0, 0.1) is 17.7 Å². The third kappa shape index (κ3) is 4.89. The number of rotatable bonds is 6. The zero-order valence-electron chi connectivity index (χ0n) is 18.5. The molecule has 0 aliphatic carbocycles. The zero-order chi connectivity index (χ0) is 21.9. The molecule has 3 heterocycles. The third-order valence-electron chi connectivity index (χ3n) is 7.39. The number of benzene rings is 2. The molecular weight excluding hydrogens is 469 g/mol. The van der Waals surface area contributed by atoms with Gasteiger partial charge in [-0.2, -0.15) is 0 Å². The first kappa shape index (κ1) is 22.3. The van der Waals surface area contributed by atoms with Crippen LogP contribution < -0.4 is 16.0 Å². The molecule has 5 rings (SSSR count). The fourth-order valence-electron chi connectivity index (χ4n) is 5.66. The van der Waals surface area contributed by atoms with E-state index in [4.69, 9.17) is 4.74 Å². The van der Waals surface area contributed by atoms with Gasteiger partial charge in [0.1, 0.15) is 5.82 Å². The van der Waals surface area contributed by atoms with Crippen molar-refractivity contribution in [3.8, 4) is 0 Å². The molecule has 32 heavy (non-hydrogen) atoms. The summed E-state index contributed by atoms with van der Waals surface area (Å²) in [5.41, 5.74) is 2.72. The highest BCUT2D eigenvalue weighted by atomic mass is 79.9. The van der Waals surface area contributed by atoms with E-state index >= 15 is 0 Å². The lowest BCUT2D eigenvalue weighted by Gasteiger charge is -2.46. The van der Waals surface area contributed by atoms with Crippen LogP contribution >= 0.6 is 15.9 Å². The van der Waals surface area contributed by atoms with Gasteiger partial charge in [-0.15, -0.1) is 0 Å². The molecular formula is C26H33BrFN3O. The molecule has 3 aliphatic rings. The number of halogens is 2. The SMILES string of the molecule is Fc1cc(Br)cc2c1N[C@@H](c1ccccc1)[C@@H]1CC[C@H](CNCCC3CCNCC3)O[C@H]21. The van der Waals surface area contributed by atoms with Gasteiger partial charge in [0.15, 0.2) is 0 Å². The summed E-state index contributed by atoms with van der Waals surface area (Å²) in [7, 11) is 0. The third-order valence-corrected chi connectivity index (χ3v) is 7.85. The van der Waals surface area contributed by atoms with Gasteiger partial charge in [-0.25, -0.2) is 4.39 Å². The normalized spacial score (nSPS) is 27.9. The van der Waals surface area contributed by atoms with E-state index in [1.807, 2.05) is 12.1 Å². The Morgan fingerprint density at radius 2 is 1.88 bits per heavy atom. The Bertz CT molecular complexity index is 905. The van der Waals surface area contributed by atoms with E-state index in [0.717, 1.165) is 55.0 Å². The van der Waals surface area contributed by atoms with Crippen molar-refractivity contribution < 1.29 is 9.13 Å². The largest absolute Gasteiger partial charge is 0.375 e. The first-order valence-electron chi connectivity index (χ1n) is 12.1. The van der Waals surface area contributed by atoms with Crippen molar-refractivity contribution >= 4 is 21.6 Å². The minimum Gasteiger partial charge on any atom is -0.375 e. The Hall–Kier alpha value is -1.47. The van der Waals surface area contributed by atoms with Crippen LogP contribution in [-0.2, 0) is 4.74 Å². The van der Waals surface area contributed by atoms with Crippen molar-refractivity contribution in [1.82, 2.24) is 10.6 Å². The highest BCUT2D eigenvalue weighted by Crippen LogP contribution is 2.51. The fraction of sp³-hybridized carbons (Fsp3) is 0.538. The predicted octanol–water partition coefficient (Wildman–Crippen LogP) is 5.57. The average Bonchev–Trinajstić information content (AvgIpc) is 2.83. The van der Waals surface area contributed by atoms with Gasteiger partial charge in [0.05, 0.1) is 23.9 Å². The van der Waals surface area contributed by atoms with E-state index in [1.54, 1.807) is 0 Å². The molecule has 0 amide bonds. The average molecular weight is 502 g/mol. The smallest absolute Gasteiger partial charge is 0.147 e. The van der Waals surface area contributed by atoms with Gasteiger partial charge in [0.2, 0.25) is 0 Å². The van der Waals surface area contributed by atoms with Crippen molar-refractivity contribution in [2.24, 2.45) is 11.8 Å². The summed E-state index contributed by atoms with van der Waals surface area (Å²) in [6, 6.07) is 14.0. The van der Waals surface area contributed by atoms with E-state index in [9.17, 15) is 4.39 Å². The lowest BCUT2D eigenvalue weighted by Crippen LogP contribution is -2.42. The molecule has 172 valence electrons. The summed E-state index contributed by atoms with van der Waals surface area (Å²) in [6.45, 7) is 4.22. The van der Waals surface area contributed by atoms with Crippen molar-refractivity contribution in [1.29, 1.82) is 0 Å². The van der Waals surface area contributed by atoms with Crippen LogP contribution in [0.5, 0.6) is 0 Å². The van der Waals surface area contributed by atoms with Crippen LogP contribution in [0.15, 0.2) is 46.9 Å². The van der Waals surface area contributed by atoms with Gasteiger partial charge in [-0.1, -0.05) is 46.3 Å². The minimum atomic E-state index is -0.223. The van der Waals surface area contributed by atoms with Crippen LogP contribution in [0.2, 0.25) is 0 Å². The molecule has 0 spiro atoms. The van der Waals surface area contributed by atoms with Gasteiger partial charge in [0.25, 0.3) is 0 Å². The quantitative estimate of drug-likeness (QED) is 0.452. The van der Waals surface area contributed by atoms with Crippen LogP contribution in [-0.4, -0.2) is 32.3 Å². The minimum absolute atomic E-state index is 0.0539. The summed E-state index contributed by atoms with van der Waals surface area (Å²) in [4.78, 5) is 0. The molecule has 4 nitrogen and oxygen atoms in total. The van der Waals surface area contributed by atoms with E-state index in [1.165, 1.54) is 30.9 Å². The standard InChI is InChI=1S/C26H33BrFN3O/c27-19-14-22-25(23(28)15-19)31-24(18-4-2-1-3-5-18)21-7-6-20(32-26(21)22)16-30-13-10-17-8-11-29-12-9-17/h1-5,14-15,17,20-21,24,26,29-31H,6-13,16H2/t20-,21+,24+,26+/m1/s1. The highest BCUT2D eigenvalue weighted by Gasteiger charge is 2.43. The topological polar surface area (TPSA) is 45.3 Å². The van der Waals surface area contributed by atoms with Crippen molar-refractivity contribution in [3.05, 3.63) is 63.9 Å². The van der Waals surface area contributed by atoms with Gasteiger partial charge in [0, 0.05) is 22.5 Å². The van der Waals surface area contributed by atoms with Gasteiger partial charge in [-0.3, -0.25) is 0 Å². The van der Waals surface area contributed by atoms with E-state index < -0.39 is 0 Å². The molecule has 3 aliphatic heterocycles. The molecule has 2 fully saturated rings. The second kappa shape index (κ2) is 10.2. The Morgan fingerprint density at radius 3 is 2.69 bits per heavy atom. The maximum atomic E-state index is 14.9. The maximum Gasteiger partial charge on any atom is 0.147 e. The summed E-state index contributed by atoms with van der Waals surface area (Å²) in [5.74, 6) is 0.896. The molecule has 0 saturated carbocycles. The fourth-order valence-corrected chi connectivity index (χ4v) is 6.11. The van der Waals surface area contributed by atoms with Crippen molar-refractivity contribution in [2.45, 2.75) is 50.4 Å². The zero-order valence-corrected chi connectivity index (χ0v) is 20.0. The molecule has 0 bridgehead atoms. The Labute approximate surface area is 198 Å². The van der Waals surface area contributed by atoms with Crippen LogP contribution in [0.25, 0.3) is 0 Å². The second-order valence-electron chi connectivity index (χ2n) is 9.49. The van der Waals surface area contributed by atoms with Crippen molar-refractivity contribution in [2.75, 3.05) is 31.5 Å². The Balaban J connectivity index is 1.28. The molecule has 6 heteroatoms. The van der Waals surface area contributed by atoms with Gasteiger partial charge < -0.3 is 20.7 Å². The monoisotopic (exact) mass is 501 g/mol. The molecule has 0 unspecified atom stereocenters. The molecule has 3 N–H and O–H groups in total. The number of ether oxygens (including phenoxy) is 1. The number of hydrogen-bond acceptors (Lipinski definition) is 4. The van der Waals surface area contributed by atoms with Crippen LogP contribution in [0.3, 0.4) is 0 Å². The first-order valence-corrected chi connectivity index (χ1v) is 12.9. The predicted molar refractivity (Wildman–Crippen MR) is 130 cm³/mol. The molecule has 2 aromatic rings. The number of piperidine rings is 1. The number of anilines is 1. The highest BCUT2D eigenvalue weighted by molar-refractivity contribution is 9.10. The van der Waals surface area contributed by atoms with E-state index in [0.29, 0.717) is 5.69 Å². The first-order chi connectivity index (χ1) is 15.7. The maximum absolute atomic E-state index is 14.9. The van der Waals surface area contributed by atoms with Gasteiger partial charge in [-0.05, 0) is 75.4 Å². The summed E-state index contributed by atoms with van der Waals surface area (Å²) in [5, 5.41) is 10.6. The number of fused-ring (bicyclic) bond motifs is 3. The molecule has 2 aromatic carbocycles. The Kier molecular flexibility index (Phi) is 7.12. The number of nitrogens with one attached hydrogen (secondary N) is 3. The lowest BCUT2D eigenvalue weighted by atomic mass is 9.76. The van der Waals surface area contributed by atoms with E-state index in [-0.39, 0.29) is 30.0 Å². The summed E-state index contributed by atoms with van der Waals surface area (Å²) < 4.78 is 22.4.